The largest absolute Gasteiger partial charge is 0.375 e. The summed E-state index contributed by atoms with van der Waals surface area (Å²) in [7, 11) is 0. The van der Waals surface area contributed by atoms with Gasteiger partial charge in [0.2, 0.25) is 11.4 Å². The van der Waals surface area contributed by atoms with E-state index < -0.39 is 0 Å². The number of anilines is 12. The zero-order chi connectivity index (χ0) is 64.1. The van der Waals surface area contributed by atoms with Crippen LogP contribution in [-0.2, 0) is 0 Å². The number of fused-ring (bicyclic) bond motifs is 14. The Balaban J connectivity index is 0.924. The summed E-state index contributed by atoms with van der Waals surface area (Å²) in [5, 5.41) is 4.88. The van der Waals surface area contributed by atoms with Gasteiger partial charge < -0.3 is 28.6 Å². The molecule has 0 fully saturated rings. The molecule has 0 atom stereocenters. The van der Waals surface area contributed by atoms with Gasteiger partial charge in [-0.3, -0.25) is 0 Å². The maximum atomic E-state index is 2.72. The van der Waals surface area contributed by atoms with Gasteiger partial charge in [0, 0.05) is 172 Å². The van der Waals surface area contributed by atoms with E-state index in [1.807, 2.05) is 0 Å². The molecule has 98 heavy (non-hydrogen) atoms. The lowest BCUT2D eigenvalue weighted by Crippen LogP contribution is -2.61. The summed E-state index contributed by atoms with van der Waals surface area (Å²) in [5.41, 5.74) is 29.9. The third kappa shape index (κ3) is 7.97. The Labute approximate surface area is 567 Å². The van der Waals surface area contributed by atoms with Crippen molar-refractivity contribution in [3.05, 3.63) is 352 Å². The SMILES string of the molecule is c1ccc(N(c2ccccc2)c2cc3c4c(c2)N(c2ccccc2)c2cc5c(cc2B4n2c4ccccc4c4cc(-[n+]6ccccc6)cc-3c42)B2c3c(cc(N(c4ccccc4)c4ccccc4)cc3N5c3ccccc3)-c3cc(-[n+]4ccccc4)cc4c5ccccc5n2c34)cc1. The number of aromatic nitrogens is 4. The Morgan fingerprint density at radius 1 is 0.255 bits per heavy atom. The predicted molar refractivity (Wildman–Crippen MR) is 406 cm³/mol. The van der Waals surface area contributed by atoms with Gasteiger partial charge >= 0.3 is 13.7 Å². The Kier molecular flexibility index (Phi) is 11.8. The van der Waals surface area contributed by atoms with E-state index >= 15 is 0 Å². The fourth-order valence-electron chi connectivity index (χ4n) is 17.0. The van der Waals surface area contributed by atoms with Crippen LogP contribution in [0.25, 0.3) is 77.2 Å². The predicted octanol–water partition coefficient (Wildman–Crippen LogP) is 18.2. The van der Waals surface area contributed by atoms with Gasteiger partial charge in [0.1, 0.15) is 0 Å². The molecule has 0 N–H and O–H groups in total. The smallest absolute Gasteiger partial charge is 0.333 e. The molecule has 4 aliphatic rings. The first-order valence-electron chi connectivity index (χ1n) is 33.8. The summed E-state index contributed by atoms with van der Waals surface area (Å²) in [6.45, 7) is -0.550. The third-order valence-electron chi connectivity index (χ3n) is 20.9. The third-order valence-corrected chi connectivity index (χ3v) is 20.9. The van der Waals surface area contributed by atoms with Crippen LogP contribution >= 0.6 is 0 Å². The van der Waals surface area contributed by atoms with Crippen molar-refractivity contribution in [2.75, 3.05) is 19.6 Å². The normalized spacial score (nSPS) is 12.8. The number of pyridine rings is 2. The molecule has 17 aromatic rings. The van der Waals surface area contributed by atoms with E-state index in [1.165, 1.54) is 87.7 Å². The van der Waals surface area contributed by atoms with Crippen LogP contribution in [0.3, 0.4) is 0 Å². The number of para-hydroxylation sites is 8. The highest BCUT2D eigenvalue weighted by atomic mass is 15.2. The first kappa shape index (κ1) is 54.5. The van der Waals surface area contributed by atoms with Crippen LogP contribution in [0.1, 0.15) is 0 Å². The Hall–Kier alpha value is -12.9. The second-order valence-electron chi connectivity index (χ2n) is 26.1. The summed E-state index contributed by atoms with van der Waals surface area (Å²) in [6.07, 6.45) is 8.69. The van der Waals surface area contributed by atoms with E-state index in [9.17, 15) is 0 Å². The van der Waals surface area contributed by atoms with Crippen LogP contribution in [0.2, 0.25) is 0 Å². The van der Waals surface area contributed by atoms with E-state index in [4.69, 9.17) is 0 Å². The molecule has 4 aliphatic heterocycles. The molecule has 0 aliphatic carbocycles. The fourth-order valence-corrected chi connectivity index (χ4v) is 17.0. The van der Waals surface area contributed by atoms with Crippen molar-refractivity contribution in [1.82, 2.24) is 8.96 Å². The molecule has 8 heterocycles. The summed E-state index contributed by atoms with van der Waals surface area (Å²) in [6, 6.07) is 122. The lowest BCUT2D eigenvalue weighted by molar-refractivity contribution is -0.595. The van der Waals surface area contributed by atoms with Crippen LogP contribution in [0.4, 0.5) is 68.2 Å². The molecule has 0 spiro atoms. The van der Waals surface area contributed by atoms with Gasteiger partial charge in [-0.05, 0) is 148 Å². The molecular formula is C88H58B2N8+2. The van der Waals surface area contributed by atoms with Gasteiger partial charge in [-0.2, -0.15) is 9.13 Å². The Bertz CT molecular complexity index is 5620. The average molecular weight is 1250 g/mol. The standard InChI is InChI=1S/C88H58B2N8/c1-9-29-59(30-10-1)93(60-31-11-2-12-32-60)67-53-71-75-51-65(91-45-25-7-26-46-91)49-73-69-41-21-23-43-79(69)97(87(73)75)89-77-57-78-82(58-81(77)95(83(55-67)85(71)89)63-37-17-5-18-38-63)96(64-39-19-6-20-40-64)84-56-68(94(61-33-13-3-14-34-61)62-35-15-4-16-36-62)54-72-76-52-66(92-47-27-8-28-48-92)50-74-70-42-22-24-44-80(70)98(88(74)76)90(78)86(72)84/h1-58H/q+2. The topological polar surface area (TPSA) is 30.6 Å². The fraction of sp³-hybridized carbons (Fsp3) is 0. The molecule has 454 valence electrons. The van der Waals surface area contributed by atoms with Crippen LogP contribution in [0.15, 0.2) is 352 Å². The van der Waals surface area contributed by atoms with Gasteiger partial charge in [0.15, 0.2) is 24.8 Å². The molecule has 10 heteroatoms. The monoisotopic (exact) mass is 1250 g/mol. The lowest BCUT2D eigenvalue weighted by atomic mass is 9.41. The molecule has 8 nitrogen and oxygen atoms in total. The summed E-state index contributed by atoms with van der Waals surface area (Å²) in [4.78, 5) is 10.1. The second-order valence-corrected chi connectivity index (χ2v) is 26.1. The van der Waals surface area contributed by atoms with E-state index in [-0.39, 0.29) is 13.7 Å². The minimum absolute atomic E-state index is 0.275. The highest BCUT2D eigenvalue weighted by molar-refractivity contribution is 6.93. The van der Waals surface area contributed by atoms with Gasteiger partial charge in [0.25, 0.3) is 0 Å². The molecule has 13 aromatic carbocycles. The van der Waals surface area contributed by atoms with Gasteiger partial charge in [0.05, 0.1) is 0 Å². The Morgan fingerprint density at radius 3 is 0.969 bits per heavy atom. The number of hydrogen-bond donors (Lipinski definition) is 0. The maximum Gasteiger partial charge on any atom is 0.333 e. The highest BCUT2D eigenvalue weighted by Crippen LogP contribution is 2.53. The number of rotatable bonds is 10. The Morgan fingerprint density at radius 2 is 0.592 bits per heavy atom. The minimum Gasteiger partial charge on any atom is -0.375 e. The quantitative estimate of drug-likeness (QED) is 0.101. The minimum atomic E-state index is -0.275. The lowest BCUT2D eigenvalue weighted by Gasteiger charge is -2.45. The molecule has 0 bridgehead atoms. The van der Waals surface area contributed by atoms with Crippen molar-refractivity contribution in [2.24, 2.45) is 0 Å². The molecule has 0 saturated carbocycles. The van der Waals surface area contributed by atoms with Crippen LogP contribution < -0.4 is 50.6 Å². The average Bonchev–Trinajstić information content (AvgIpc) is 1.37. The molecule has 0 amide bonds. The van der Waals surface area contributed by atoms with Gasteiger partial charge in [-0.15, -0.1) is 0 Å². The summed E-state index contributed by atoms with van der Waals surface area (Å²) >= 11 is 0. The number of hydrogen-bond acceptors (Lipinski definition) is 4. The summed E-state index contributed by atoms with van der Waals surface area (Å²) in [5.74, 6) is 0. The van der Waals surface area contributed by atoms with E-state index in [0.717, 1.165) is 79.6 Å². The number of benzene rings is 13. The molecule has 0 saturated heterocycles. The van der Waals surface area contributed by atoms with Gasteiger partial charge in [-0.1, -0.05) is 164 Å². The van der Waals surface area contributed by atoms with Crippen LogP contribution in [0.5, 0.6) is 0 Å². The molecule has 21 rings (SSSR count). The summed E-state index contributed by atoms with van der Waals surface area (Å²) < 4.78 is 9.97. The molecule has 0 unspecified atom stereocenters. The van der Waals surface area contributed by atoms with Crippen molar-refractivity contribution in [3.8, 4) is 33.6 Å². The van der Waals surface area contributed by atoms with Crippen molar-refractivity contribution in [3.63, 3.8) is 0 Å². The van der Waals surface area contributed by atoms with Crippen molar-refractivity contribution >= 4 is 147 Å². The van der Waals surface area contributed by atoms with Crippen LogP contribution in [0, 0.1) is 0 Å². The molecular weight excluding hydrogens is 1190 g/mol. The van der Waals surface area contributed by atoms with Gasteiger partial charge in [-0.25, -0.2) is 0 Å². The maximum absolute atomic E-state index is 2.72. The van der Waals surface area contributed by atoms with E-state index in [2.05, 4.69) is 390 Å². The van der Waals surface area contributed by atoms with Crippen molar-refractivity contribution < 1.29 is 9.13 Å². The number of nitrogens with zero attached hydrogens (tertiary/aromatic N) is 8. The van der Waals surface area contributed by atoms with Crippen molar-refractivity contribution in [1.29, 1.82) is 0 Å². The van der Waals surface area contributed by atoms with E-state index in [1.54, 1.807) is 0 Å². The van der Waals surface area contributed by atoms with E-state index in [0.29, 0.717) is 0 Å². The second kappa shape index (κ2) is 21.3. The molecule has 4 aromatic heterocycles. The highest BCUT2D eigenvalue weighted by Gasteiger charge is 2.49. The van der Waals surface area contributed by atoms with Crippen LogP contribution in [-0.4, -0.2) is 22.7 Å². The zero-order valence-electron chi connectivity index (χ0n) is 53.2. The first-order valence-corrected chi connectivity index (χ1v) is 33.8. The zero-order valence-corrected chi connectivity index (χ0v) is 53.2. The van der Waals surface area contributed by atoms with Crippen molar-refractivity contribution in [2.45, 2.75) is 0 Å². The molecule has 0 radical (unpaired) electrons. The first-order chi connectivity index (χ1) is 48.7.